The lowest BCUT2D eigenvalue weighted by Crippen LogP contribution is -2.33. The van der Waals surface area contributed by atoms with Gasteiger partial charge < -0.3 is 9.88 Å². The Morgan fingerprint density at radius 1 is 1.09 bits per heavy atom. The molecule has 5 nitrogen and oxygen atoms in total. The molecule has 4 rings (SSSR count). The molecule has 0 radical (unpaired) electrons. The van der Waals surface area contributed by atoms with E-state index in [1.54, 1.807) is 6.33 Å². The highest BCUT2D eigenvalue weighted by molar-refractivity contribution is 6.31. The van der Waals surface area contributed by atoms with E-state index in [0.29, 0.717) is 11.6 Å². The average molecular weight is 348 g/mol. The third kappa shape index (κ3) is 2.75. The Morgan fingerprint density at radius 2 is 1.87 bits per heavy atom. The van der Waals surface area contributed by atoms with E-state index in [2.05, 4.69) is 30.9 Å². The molecule has 1 aromatic carbocycles. The number of nitrogens with one attached hydrogen (secondary N) is 1. The summed E-state index contributed by atoms with van der Waals surface area (Å²) in [5.74, 6) is 1.31. The molecule has 0 atom stereocenters. The topological polar surface area (TPSA) is 57.7 Å². The molecule has 1 fully saturated rings. The van der Waals surface area contributed by atoms with Gasteiger partial charge in [0.25, 0.3) is 0 Å². The lowest BCUT2D eigenvalue weighted by atomic mass is 9.89. The third-order valence-electron chi connectivity index (χ3n) is 4.38. The van der Waals surface area contributed by atoms with Gasteiger partial charge in [-0.1, -0.05) is 29.8 Å². The second kappa shape index (κ2) is 5.98. The zero-order chi connectivity index (χ0) is 15.8. The number of anilines is 1. The van der Waals surface area contributed by atoms with Crippen LogP contribution in [0.1, 0.15) is 24.3 Å². The van der Waals surface area contributed by atoms with E-state index < -0.39 is 0 Å². The molecule has 23 heavy (non-hydrogen) atoms. The molecule has 1 N–H and O–H groups in total. The van der Waals surface area contributed by atoms with Gasteiger partial charge in [-0.15, -0.1) is 0 Å². The number of aromatic nitrogens is 4. The number of fused-ring (bicyclic) bond motifs is 1. The molecule has 0 unspecified atom stereocenters. The van der Waals surface area contributed by atoms with Crippen LogP contribution in [0.3, 0.4) is 0 Å². The first kappa shape index (κ1) is 14.7. The summed E-state index contributed by atoms with van der Waals surface area (Å²) >= 11 is 12.4. The van der Waals surface area contributed by atoms with Crippen LogP contribution in [0.5, 0.6) is 0 Å². The van der Waals surface area contributed by atoms with E-state index >= 15 is 0 Å². The summed E-state index contributed by atoms with van der Waals surface area (Å²) in [4.78, 5) is 18.0. The SMILES string of the molecule is Clc1nc(N2CCC(c3ccccc3Cl)CC2)c2[nH]cnc2n1. The van der Waals surface area contributed by atoms with E-state index in [4.69, 9.17) is 23.2 Å². The number of halogens is 2. The molecule has 0 aliphatic carbocycles. The van der Waals surface area contributed by atoms with Gasteiger partial charge in [-0.25, -0.2) is 4.98 Å². The van der Waals surface area contributed by atoms with Crippen molar-refractivity contribution in [2.45, 2.75) is 18.8 Å². The summed E-state index contributed by atoms with van der Waals surface area (Å²) in [6.45, 7) is 1.80. The number of nitrogens with zero attached hydrogens (tertiary/aromatic N) is 4. The molecule has 1 aliphatic heterocycles. The fourth-order valence-corrected chi connectivity index (χ4v) is 3.68. The fraction of sp³-hybridized carbons (Fsp3) is 0.312. The van der Waals surface area contributed by atoms with Crippen LogP contribution in [-0.4, -0.2) is 33.0 Å². The van der Waals surface area contributed by atoms with Gasteiger partial charge in [-0.2, -0.15) is 9.97 Å². The molecule has 1 aliphatic rings. The van der Waals surface area contributed by atoms with Crippen molar-refractivity contribution in [3.8, 4) is 0 Å². The minimum Gasteiger partial charge on any atom is -0.355 e. The smallest absolute Gasteiger partial charge is 0.226 e. The number of aromatic amines is 1. The fourth-order valence-electron chi connectivity index (χ4n) is 3.23. The number of rotatable bonds is 2. The molecule has 0 amide bonds. The van der Waals surface area contributed by atoms with Crippen molar-refractivity contribution in [1.82, 2.24) is 19.9 Å². The van der Waals surface area contributed by atoms with Gasteiger partial charge >= 0.3 is 0 Å². The number of imidazole rings is 1. The summed E-state index contributed by atoms with van der Waals surface area (Å²) < 4.78 is 0. The van der Waals surface area contributed by atoms with Crippen molar-refractivity contribution < 1.29 is 0 Å². The monoisotopic (exact) mass is 347 g/mol. The minimum absolute atomic E-state index is 0.229. The maximum absolute atomic E-state index is 6.33. The van der Waals surface area contributed by atoms with Gasteiger partial charge in [0.2, 0.25) is 5.28 Å². The van der Waals surface area contributed by atoms with Crippen molar-refractivity contribution in [3.63, 3.8) is 0 Å². The van der Waals surface area contributed by atoms with Crippen LogP contribution in [0.2, 0.25) is 10.3 Å². The average Bonchev–Trinajstić information content (AvgIpc) is 3.03. The summed E-state index contributed by atoms with van der Waals surface area (Å²) in [5.41, 5.74) is 2.68. The summed E-state index contributed by atoms with van der Waals surface area (Å²) in [5, 5.41) is 1.08. The number of benzene rings is 1. The predicted octanol–water partition coefficient (Wildman–Crippen LogP) is 4.04. The second-order valence-electron chi connectivity index (χ2n) is 5.70. The van der Waals surface area contributed by atoms with E-state index in [0.717, 1.165) is 42.3 Å². The maximum atomic E-state index is 6.33. The quantitative estimate of drug-likeness (QED) is 0.710. The number of piperidine rings is 1. The molecule has 0 spiro atoms. The normalized spacial score (nSPS) is 16.2. The molecule has 3 heterocycles. The Hall–Kier alpha value is -1.85. The van der Waals surface area contributed by atoms with Crippen molar-refractivity contribution >= 4 is 40.2 Å². The van der Waals surface area contributed by atoms with E-state index in [9.17, 15) is 0 Å². The standard InChI is InChI=1S/C16H15Cl2N5/c17-12-4-2-1-3-11(12)10-5-7-23(8-6-10)15-13-14(20-9-19-13)21-16(18)22-15/h1-4,9-10H,5-8H2,(H,19,20,21,22). The molecule has 2 aromatic heterocycles. The minimum atomic E-state index is 0.229. The Bertz CT molecular complexity index is 839. The molecular weight excluding hydrogens is 333 g/mol. The van der Waals surface area contributed by atoms with Gasteiger partial charge in [0, 0.05) is 18.1 Å². The first-order chi connectivity index (χ1) is 11.2. The zero-order valence-corrected chi connectivity index (χ0v) is 13.8. The van der Waals surface area contributed by atoms with Crippen LogP contribution in [0.4, 0.5) is 5.82 Å². The van der Waals surface area contributed by atoms with Crippen molar-refractivity contribution in [2.24, 2.45) is 0 Å². The molecule has 3 aromatic rings. The predicted molar refractivity (Wildman–Crippen MR) is 92.3 cm³/mol. The van der Waals surface area contributed by atoms with Gasteiger partial charge in [0.05, 0.1) is 6.33 Å². The summed E-state index contributed by atoms with van der Waals surface area (Å²) in [6, 6.07) is 8.10. The largest absolute Gasteiger partial charge is 0.355 e. The van der Waals surface area contributed by atoms with Crippen molar-refractivity contribution in [2.75, 3.05) is 18.0 Å². The first-order valence-corrected chi connectivity index (χ1v) is 8.34. The van der Waals surface area contributed by atoms with Gasteiger partial charge in [0.1, 0.15) is 5.52 Å². The van der Waals surface area contributed by atoms with Crippen molar-refractivity contribution in [1.29, 1.82) is 0 Å². The molecule has 7 heteroatoms. The lowest BCUT2D eigenvalue weighted by Gasteiger charge is -2.33. The highest BCUT2D eigenvalue weighted by Gasteiger charge is 2.25. The number of hydrogen-bond acceptors (Lipinski definition) is 4. The van der Waals surface area contributed by atoms with Crippen molar-refractivity contribution in [3.05, 3.63) is 46.5 Å². The molecule has 1 saturated heterocycles. The second-order valence-corrected chi connectivity index (χ2v) is 6.45. The molecule has 0 saturated carbocycles. The van der Waals surface area contributed by atoms with E-state index in [-0.39, 0.29) is 5.28 Å². The Morgan fingerprint density at radius 3 is 2.65 bits per heavy atom. The Kier molecular flexibility index (Phi) is 3.83. The van der Waals surface area contributed by atoms with E-state index in [1.165, 1.54) is 5.56 Å². The van der Waals surface area contributed by atoms with Gasteiger partial charge in [-0.05, 0) is 42.0 Å². The molecule has 0 bridgehead atoms. The van der Waals surface area contributed by atoms with E-state index in [1.807, 2.05) is 18.2 Å². The Balaban J connectivity index is 1.57. The zero-order valence-electron chi connectivity index (χ0n) is 12.3. The molecular formula is C16H15Cl2N5. The molecule has 118 valence electrons. The van der Waals surface area contributed by atoms with Crippen LogP contribution in [0.15, 0.2) is 30.6 Å². The first-order valence-electron chi connectivity index (χ1n) is 7.58. The highest BCUT2D eigenvalue weighted by Crippen LogP contribution is 2.34. The highest BCUT2D eigenvalue weighted by atomic mass is 35.5. The van der Waals surface area contributed by atoms with Gasteiger partial charge in [0.15, 0.2) is 11.5 Å². The van der Waals surface area contributed by atoms with Gasteiger partial charge in [-0.3, -0.25) is 0 Å². The number of hydrogen-bond donors (Lipinski definition) is 1. The Labute approximate surface area is 143 Å². The lowest BCUT2D eigenvalue weighted by molar-refractivity contribution is 0.503. The van der Waals surface area contributed by atoms with Crippen LogP contribution in [0, 0.1) is 0 Å². The summed E-state index contributed by atoms with van der Waals surface area (Å²) in [7, 11) is 0. The van der Waals surface area contributed by atoms with Crippen LogP contribution >= 0.6 is 23.2 Å². The van der Waals surface area contributed by atoms with Crippen LogP contribution in [0.25, 0.3) is 11.2 Å². The third-order valence-corrected chi connectivity index (χ3v) is 4.89. The maximum Gasteiger partial charge on any atom is 0.226 e. The number of H-pyrrole nitrogens is 1. The van der Waals surface area contributed by atoms with Crippen LogP contribution < -0.4 is 4.90 Å². The summed E-state index contributed by atoms with van der Waals surface area (Å²) in [6.07, 6.45) is 3.68. The van der Waals surface area contributed by atoms with Crippen LogP contribution in [-0.2, 0) is 0 Å².